The second kappa shape index (κ2) is 6.01. The highest BCUT2D eigenvalue weighted by Gasteiger charge is 2.15. The van der Waals surface area contributed by atoms with Crippen LogP contribution in [0, 0.1) is 10.1 Å². The van der Waals surface area contributed by atoms with Crippen molar-refractivity contribution in [3.8, 4) is 0 Å². The smallest absolute Gasteiger partial charge is 0.270 e. The predicted molar refractivity (Wildman–Crippen MR) is 80.3 cm³/mol. The normalized spacial score (nSPS) is 19.1. The molecule has 7 nitrogen and oxygen atoms in total. The average molecular weight is 287 g/mol. The van der Waals surface area contributed by atoms with Crippen LogP contribution in [0.3, 0.4) is 0 Å². The van der Waals surface area contributed by atoms with Crippen LogP contribution in [0.25, 0.3) is 10.9 Å². The van der Waals surface area contributed by atoms with Crippen LogP contribution in [0.4, 0.5) is 11.5 Å². The molecule has 21 heavy (non-hydrogen) atoms. The quantitative estimate of drug-likeness (QED) is 0.663. The molecule has 0 aliphatic carbocycles. The molecule has 1 aromatic heterocycles. The van der Waals surface area contributed by atoms with E-state index in [4.69, 9.17) is 0 Å². The number of anilines is 1. The zero-order valence-electron chi connectivity index (χ0n) is 11.6. The fraction of sp³-hybridized carbons (Fsp3) is 0.429. The molecule has 0 spiro atoms. The third-order valence-corrected chi connectivity index (χ3v) is 3.72. The van der Waals surface area contributed by atoms with Gasteiger partial charge in [-0.25, -0.2) is 9.97 Å². The second-order valence-electron chi connectivity index (χ2n) is 5.22. The monoisotopic (exact) mass is 287 g/mol. The van der Waals surface area contributed by atoms with Gasteiger partial charge in [0.2, 0.25) is 0 Å². The lowest BCUT2D eigenvalue weighted by molar-refractivity contribution is -0.384. The maximum Gasteiger partial charge on any atom is 0.270 e. The third-order valence-electron chi connectivity index (χ3n) is 3.72. The van der Waals surface area contributed by atoms with Gasteiger partial charge in [0.25, 0.3) is 5.69 Å². The highest BCUT2D eigenvalue weighted by Crippen LogP contribution is 2.25. The SMILES string of the molecule is O=[N+]([O-])c1ccc2ncnc(NC3CCCCNC3)c2c1. The first-order chi connectivity index (χ1) is 10.2. The summed E-state index contributed by atoms with van der Waals surface area (Å²) in [7, 11) is 0. The Morgan fingerprint density at radius 3 is 3.10 bits per heavy atom. The van der Waals surface area contributed by atoms with Crippen molar-refractivity contribution < 1.29 is 4.92 Å². The zero-order chi connectivity index (χ0) is 14.7. The predicted octanol–water partition coefficient (Wildman–Crippen LogP) is 2.09. The molecule has 7 heteroatoms. The molecule has 1 saturated heterocycles. The Morgan fingerprint density at radius 2 is 2.24 bits per heavy atom. The van der Waals surface area contributed by atoms with Crippen molar-refractivity contribution in [1.82, 2.24) is 15.3 Å². The molecule has 1 fully saturated rings. The Bertz CT molecular complexity index is 653. The van der Waals surface area contributed by atoms with Gasteiger partial charge in [0, 0.05) is 30.1 Å². The van der Waals surface area contributed by atoms with Gasteiger partial charge >= 0.3 is 0 Å². The van der Waals surface area contributed by atoms with Gasteiger partial charge in [-0.15, -0.1) is 0 Å². The minimum absolute atomic E-state index is 0.0549. The van der Waals surface area contributed by atoms with Crippen LogP contribution in [0.1, 0.15) is 19.3 Å². The molecule has 1 aliphatic rings. The van der Waals surface area contributed by atoms with Crippen LogP contribution in [-0.2, 0) is 0 Å². The summed E-state index contributed by atoms with van der Waals surface area (Å²) >= 11 is 0. The molecule has 2 heterocycles. The zero-order valence-corrected chi connectivity index (χ0v) is 11.6. The maximum atomic E-state index is 10.9. The van der Waals surface area contributed by atoms with Gasteiger partial charge in [0.05, 0.1) is 10.4 Å². The number of aromatic nitrogens is 2. The first-order valence-electron chi connectivity index (χ1n) is 7.10. The van der Waals surface area contributed by atoms with Gasteiger partial charge in [-0.1, -0.05) is 6.42 Å². The molecule has 2 aromatic rings. The van der Waals surface area contributed by atoms with Crippen LogP contribution < -0.4 is 10.6 Å². The molecular weight excluding hydrogens is 270 g/mol. The van der Waals surface area contributed by atoms with E-state index in [-0.39, 0.29) is 11.7 Å². The van der Waals surface area contributed by atoms with E-state index in [0.717, 1.165) is 25.9 Å². The summed E-state index contributed by atoms with van der Waals surface area (Å²) in [6.45, 7) is 1.91. The largest absolute Gasteiger partial charge is 0.365 e. The van der Waals surface area contributed by atoms with E-state index in [1.54, 1.807) is 6.07 Å². The molecular formula is C14H17N5O2. The summed E-state index contributed by atoms with van der Waals surface area (Å²) in [5.41, 5.74) is 0.763. The van der Waals surface area contributed by atoms with E-state index >= 15 is 0 Å². The highest BCUT2D eigenvalue weighted by molar-refractivity contribution is 5.90. The Kier molecular flexibility index (Phi) is 3.92. The van der Waals surface area contributed by atoms with Gasteiger partial charge in [-0.05, 0) is 25.5 Å². The number of nitro groups is 1. The number of fused-ring (bicyclic) bond motifs is 1. The summed E-state index contributed by atoms with van der Waals surface area (Å²) in [6.07, 6.45) is 4.88. The standard InChI is InChI=1S/C14H17N5O2/c20-19(21)11-4-5-13-12(7-11)14(17-9-16-13)18-10-3-1-2-6-15-8-10/h4-5,7,9-10,15H,1-3,6,8H2,(H,16,17,18). The maximum absolute atomic E-state index is 10.9. The second-order valence-corrected chi connectivity index (χ2v) is 5.22. The lowest BCUT2D eigenvalue weighted by Gasteiger charge is -2.17. The molecule has 2 N–H and O–H groups in total. The van der Waals surface area contributed by atoms with Crippen molar-refractivity contribution in [2.75, 3.05) is 18.4 Å². The van der Waals surface area contributed by atoms with E-state index < -0.39 is 4.92 Å². The van der Waals surface area contributed by atoms with Crippen molar-refractivity contribution >= 4 is 22.4 Å². The van der Waals surface area contributed by atoms with Gasteiger partial charge in [0.15, 0.2) is 0 Å². The third kappa shape index (κ3) is 3.08. The molecule has 0 amide bonds. The summed E-state index contributed by atoms with van der Waals surface area (Å²) in [5, 5.41) is 18.4. The van der Waals surface area contributed by atoms with E-state index in [2.05, 4.69) is 20.6 Å². The summed E-state index contributed by atoms with van der Waals surface area (Å²) in [6, 6.07) is 4.93. The first kappa shape index (κ1) is 13.7. The number of rotatable bonds is 3. The molecule has 3 rings (SSSR count). The summed E-state index contributed by atoms with van der Waals surface area (Å²) in [4.78, 5) is 19.0. The van der Waals surface area contributed by atoms with Crippen molar-refractivity contribution in [3.05, 3.63) is 34.6 Å². The Morgan fingerprint density at radius 1 is 1.33 bits per heavy atom. The fourth-order valence-electron chi connectivity index (χ4n) is 2.61. The van der Waals surface area contributed by atoms with Crippen molar-refractivity contribution in [2.45, 2.75) is 25.3 Å². The van der Waals surface area contributed by atoms with Crippen molar-refractivity contribution in [2.24, 2.45) is 0 Å². The molecule has 0 radical (unpaired) electrons. The number of nitrogens with zero attached hydrogens (tertiary/aromatic N) is 3. The number of hydrogen-bond acceptors (Lipinski definition) is 6. The number of benzene rings is 1. The van der Waals surface area contributed by atoms with E-state index in [1.165, 1.54) is 24.9 Å². The molecule has 1 atom stereocenters. The lowest BCUT2D eigenvalue weighted by Crippen LogP contribution is -2.31. The Balaban J connectivity index is 1.93. The van der Waals surface area contributed by atoms with Crippen LogP contribution in [-0.4, -0.2) is 34.0 Å². The number of nitro benzene ring substituents is 1. The van der Waals surface area contributed by atoms with Crippen LogP contribution >= 0.6 is 0 Å². The van der Waals surface area contributed by atoms with E-state index in [9.17, 15) is 10.1 Å². The van der Waals surface area contributed by atoms with Gasteiger partial charge in [0.1, 0.15) is 12.1 Å². The minimum atomic E-state index is -0.399. The van der Waals surface area contributed by atoms with E-state index in [1.807, 2.05) is 0 Å². The Hall–Kier alpha value is -2.28. The van der Waals surface area contributed by atoms with Crippen molar-refractivity contribution in [3.63, 3.8) is 0 Å². The summed E-state index contributed by atoms with van der Waals surface area (Å²) in [5.74, 6) is 0.664. The molecule has 110 valence electrons. The number of non-ortho nitro benzene ring substituents is 1. The molecule has 1 unspecified atom stereocenters. The van der Waals surface area contributed by atoms with Gasteiger partial charge in [-0.3, -0.25) is 10.1 Å². The molecule has 0 saturated carbocycles. The number of hydrogen-bond donors (Lipinski definition) is 2. The lowest BCUT2D eigenvalue weighted by atomic mass is 10.1. The highest BCUT2D eigenvalue weighted by atomic mass is 16.6. The van der Waals surface area contributed by atoms with Crippen LogP contribution in [0.15, 0.2) is 24.5 Å². The minimum Gasteiger partial charge on any atom is -0.365 e. The topological polar surface area (TPSA) is 93.0 Å². The fourth-order valence-corrected chi connectivity index (χ4v) is 2.61. The van der Waals surface area contributed by atoms with Crippen LogP contribution in [0.2, 0.25) is 0 Å². The molecule has 1 aromatic carbocycles. The first-order valence-corrected chi connectivity index (χ1v) is 7.10. The van der Waals surface area contributed by atoms with Crippen molar-refractivity contribution in [1.29, 1.82) is 0 Å². The molecule has 1 aliphatic heterocycles. The Labute approximate surface area is 121 Å². The van der Waals surface area contributed by atoms with Crippen LogP contribution in [0.5, 0.6) is 0 Å². The summed E-state index contributed by atoms with van der Waals surface area (Å²) < 4.78 is 0. The molecule has 0 bridgehead atoms. The van der Waals surface area contributed by atoms with Gasteiger partial charge in [-0.2, -0.15) is 0 Å². The average Bonchev–Trinajstić information content (AvgIpc) is 2.76. The van der Waals surface area contributed by atoms with E-state index in [0.29, 0.717) is 16.7 Å². The van der Waals surface area contributed by atoms with Gasteiger partial charge < -0.3 is 10.6 Å². The number of nitrogens with one attached hydrogen (secondary N) is 2.